The number of pyridine rings is 1. The normalized spacial score (nSPS) is 14.6. The summed E-state index contributed by atoms with van der Waals surface area (Å²) in [7, 11) is 0. The summed E-state index contributed by atoms with van der Waals surface area (Å²) < 4.78 is 7.08. The van der Waals surface area contributed by atoms with Gasteiger partial charge < -0.3 is 10.1 Å². The van der Waals surface area contributed by atoms with Crippen LogP contribution >= 0.6 is 0 Å². The third-order valence-electron chi connectivity index (χ3n) is 6.38. The standard InChI is InChI=1S/C26H22N4O4/c31-24(19-12-21-23(27-14-19)30(20-6-7-20)26(33)29-25(21)32)28-13-15-1-3-16(4-2-15)17-5-8-22-18(11-17)9-10-34-22/h1-5,8,11-12,14,20H,6-7,9-10,13H2,(H,28,31)(H,29,32,33). The Hall–Kier alpha value is -4.20. The van der Waals surface area contributed by atoms with Gasteiger partial charge in [-0.15, -0.1) is 0 Å². The van der Waals surface area contributed by atoms with E-state index in [0.29, 0.717) is 12.2 Å². The molecule has 0 spiro atoms. The summed E-state index contributed by atoms with van der Waals surface area (Å²) in [5.74, 6) is 0.629. The minimum Gasteiger partial charge on any atom is -0.493 e. The first-order chi connectivity index (χ1) is 16.6. The minimum atomic E-state index is -0.534. The molecule has 1 fully saturated rings. The fraction of sp³-hybridized carbons (Fsp3) is 0.231. The lowest BCUT2D eigenvalue weighted by atomic mass is 10.0. The number of amides is 1. The molecular formula is C26H22N4O4. The lowest BCUT2D eigenvalue weighted by Gasteiger charge is -2.10. The molecule has 0 unspecified atom stereocenters. The molecule has 0 saturated heterocycles. The Kier molecular flexibility index (Phi) is 4.79. The van der Waals surface area contributed by atoms with Crippen LogP contribution in [-0.4, -0.2) is 27.0 Å². The molecule has 34 heavy (non-hydrogen) atoms. The number of hydrogen-bond acceptors (Lipinski definition) is 5. The second kappa shape index (κ2) is 7.98. The Morgan fingerprint density at radius 1 is 1.09 bits per heavy atom. The largest absolute Gasteiger partial charge is 0.493 e. The molecule has 0 atom stereocenters. The highest BCUT2D eigenvalue weighted by molar-refractivity contribution is 5.96. The molecule has 1 aliphatic heterocycles. The fourth-order valence-electron chi connectivity index (χ4n) is 4.40. The van der Waals surface area contributed by atoms with E-state index in [4.69, 9.17) is 4.74 Å². The second-order valence-corrected chi connectivity index (χ2v) is 8.76. The van der Waals surface area contributed by atoms with Gasteiger partial charge in [-0.05, 0) is 53.3 Å². The lowest BCUT2D eigenvalue weighted by molar-refractivity contribution is 0.0950. The third-order valence-corrected chi connectivity index (χ3v) is 6.38. The maximum atomic E-state index is 12.7. The van der Waals surface area contributed by atoms with Crippen LogP contribution < -0.4 is 21.3 Å². The molecule has 170 valence electrons. The summed E-state index contributed by atoms with van der Waals surface area (Å²) in [5.41, 5.74) is 4.02. The lowest BCUT2D eigenvalue weighted by Crippen LogP contribution is -2.31. The van der Waals surface area contributed by atoms with E-state index in [-0.39, 0.29) is 22.9 Å². The van der Waals surface area contributed by atoms with E-state index in [1.54, 1.807) is 0 Å². The quantitative estimate of drug-likeness (QED) is 0.482. The van der Waals surface area contributed by atoms with Crippen LogP contribution in [0.4, 0.5) is 0 Å². The summed E-state index contributed by atoms with van der Waals surface area (Å²) in [6.45, 7) is 1.08. The van der Waals surface area contributed by atoms with Gasteiger partial charge in [0, 0.05) is 25.2 Å². The number of nitrogens with one attached hydrogen (secondary N) is 2. The number of fused-ring (bicyclic) bond motifs is 2. The third kappa shape index (κ3) is 3.67. The predicted octanol–water partition coefficient (Wildman–Crippen LogP) is 2.95. The van der Waals surface area contributed by atoms with Crippen molar-refractivity contribution in [2.75, 3.05) is 6.61 Å². The minimum absolute atomic E-state index is 0.0622. The van der Waals surface area contributed by atoms with Crippen molar-refractivity contribution in [2.24, 2.45) is 0 Å². The van der Waals surface area contributed by atoms with Gasteiger partial charge in [0.15, 0.2) is 0 Å². The van der Waals surface area contributed by atoms with Crippen LogP contribution in [0.5, 0.6) is 5.75 Å². The van der Waals surface area contributed by atoms with Crippen LogP contribution in [0.25, 0.3) is 22.2 Å². The van der Waals surface area contributed by atoms with Crippen LogP contribution in [0.15, 0.2) is 64.3 Å². The summed E-state index contributed by atoms with van der Waals surface area (Å²) in [5, 5.41) is 3.12. The van der Waals surface area contributed by atoms with Crippen molar-refractivity contribution < 1.29 is 9.53 Å². The van der Waals surface area contributed by atoms with Crippen LogP contribution in [0.1, 0.15) is 40.4 Å². The number of carbonyl (C=O) groups excluding carboxylic acids is 1. The Balaban J connectivity index is 1.18. The average molecular weight is 454 g/mol. The van der Waals surface area contributed by atoms with Gasteiger partial charge in [0.05, 0.1) is 17.6 Å². The van der Waals surface area contributed by atoms with Crippen LogP contribution in [0.2, 0.25) is 0 Å². The summed E-state index contributed by atoms with van der Waals surface area (Å²) in [6, 6.07) is 15.8. The van der Waals surface area contributed by atoms with E-state index in [0.717, 1.165) is 48.3 Å². The van der Waals surface area contributed by atoms with E-state index in [1.807, 2.05) is 30.3 Å². The second-order valence-electron chi connectivity index (χ2n) is 8.76. The summed E-state index contributed by atoms with van der Waals surface area (Å²) in [6.07, 6.45) is 4.10. The fourth-order valence-corrected chi connectivity index (χ4v) is 4.40. The molecule has 2 aliphatic rings. The van der Waals surface area contributed by atoms with Crippen LogP contribution in [0, 0.1) is 0 Å². The topological polar surface area (TPSA) is 106 Å². The smallest absolute Gasteiger partial charge is 0.330 e. The number of aromatic nitrogens is 3. The SMILES string of the molecule is O=C(NCc1ccc(-c2ccc3c(c2)CCO3)cc1)c1cnc2c(c1)c(=O)[nH]c(=O)n2C1CC1. The maximum Gasteiger partial charge on any atom is 0.330 e. The van der Waals surface area contributed by atoms with Crippen molar-refractivity contribution in [2.45, 2.75) is 31.8 Å². The zero-order valence-corrected chi connectivity index (χ0v) is 18.3. The zero-order chi connectivity index (χ0) is 23.2. The maximum absolute atomic E-state index is 12.7. The van der Waals surface area contributed by atoms with Crippen molar-refractivity contribution in [1.29, 1.82) is 0 Å². The summed E-state index contributed by atoms with van der Waals surface area (Å²) >= 11 is 0. The van der Waals surface area contributed by atoms with Gasteiger partial charge in [-0.3, -0.25) is 19.1 Å². The number of rotatable bonds is 5. The van der Waals surface area contributed by atoms with Gasteiger partial charge in [0.2, 0.25) is 0 Å². The van der Waals surface area contributed by atoms with Crippen LogP contribution in [0.3, 0.4) is 0 Å². The Morgan fingerprint density at radius 2 is 1.88 bits per heavy atom. The molecule has 1 amide bonds. The molecule has 4 aromatic rings. The van der Waals surface area contributed by atoms with E-state index in [2.05, 4.69) is 27.4 Å². The van der Waals surface area contributed by atoms with Crippen molar-refractivity contribution in [3.8, 4) is 16.9 Å². The number of nitrogens with zero attached hydrogens (tertiary/aromatic N) is 2. The van der Waals surface area contributed by atoms with E-state index >= 15 is 0 Å². The van der Waals surface area contributed by atoms with Gasteiger partial charge in [-0.2, -0.15) is 0 Å². The number of ether oxygens (including phenoxy) is 1. The van der Waals surface area contributed by atoms with Gasteiger partial charge in [-0.1, -0.05) is 30.3 Å². The first-order valence-electron chi connectivity index (χ1n) is 11.3. The van der Waals surface area contributed by atoms with Gasteiger partial charge in [0.1, 0.15) is 11.4 Å². The first-order valence-corrected chi connectivity index (χ1v) is 11.3. The highest BCUT2D eigenvalue weighted by Gasteiger charge is 2.27. The molecule has 1 saturated carbocycles. The number of hydrogen-bond donors (Lipinski definition) is 2. The molecular weight excluding hydrogens is 432 g/mol. The molecule has 6 rings (SSSR count). The van der Waals surface area contributed by atoms with E-state index in [1.165, 1.54) is 22.4 Å². The van der Waals surface area contributed by atoms with Crippen LogP contribution in [-0.2, 0) is 13.0 Å². The highest BCUT2D eigenvalue weighted by Crippen LogP contribution is 2.34. The molecule has 3 heterocycles. The van der Waals surface area contributed by atoms with Gasteiger partial charge in [0.25, 0.3) is 11.5 Å². The number of H-pyrrole nitrogens is 1. The molecule has 1 aliphatic carbocycles. The molecule has 2 N–H and O–H groups in total. The number of benzene rings is 2. The Labute approximate surface area is 194 Å². The number of aromatic amines is 1. The van der Waals surface area contributed by atoms with Crippen molar-refractivity contribution in [3.05, 3.63) is 92.3 Å². The molecule has 8 heteroatoms. The molecule has 0 bridgehead atoms. The van der Waals surface area contributed by atoms with Gasteiger partial charge >= 0.3 is 5.69 Å². The molecule has 0 radical (unpaired) electrons. The summed E-state index contributed by atoms with van der Waals surface area (Å²) in [4.78, 5) is 43.8. The predicted molar refractivity (Wildman–Crippen MR) is 127 cm³/mol. The number of carbonyl (C=O) groups is 1. The van der Waals surface area contributed by atoms with E-state index in [9.17, 15) is 14.4 Å². The highest BCUT2D eigenvalue weighted by atomic mass is 16.5. The van der Waals surface area contributed by atoms with Crippen molar-refractivity contribution in [1.82, 2.24) is 19.9 Å². The Bertz CT molecular complexity index is 1550. The van der Waals surface area contributed by atoms with Crippen molar-refractivity contribution >= 4 is 16.9 Å². The monoisotopic (exact) mass is 454 g/mol. The van der Waals surface area contributed by atoms with Crippen molar-refractivity contribution in [3.63, 3.8) is 0 Å². The molecule has 2 aromatic carbocycles. The first kappa shape index (κ1) is 20.4. The molecule has 2 aromatic heterocycles. The van der Waals surface area contributed by atoms with E-state index < -0.39 is 11.2 Å². The average Bonchev–Trinajstić information content (AvgIpc) is 3.57. The molecule has 8 nitrogen and oxygen atoms in total. The zero-order valence-electron chi connectivity index (χ0n) is 18.3. The Morgan fingerprint density at radius 3 is 2.68 bits per heavy atom. The van der Waals surface area contributed by atoms with Gasteiger partial charge in [-0.25, -0.2) is 9.78 Å².